The monoisotopic (exact) mass is 371 g/mol. The van der Waals surface area contributed by atoms with E-state index < -0.39 is 12.1 Å². The Morgan fingerprint density at radius 1 is 1.38 bits per heavy atom. The summed E-state index contributed by atoms with van der Waals surface area (Å²) in [6, 6.07) is 3.81. The first kappa shape index (κ1) is 19.0. The van der Waals surface area contributed by atoms with Crippen molar-refractivity contribution in [2.45, 2.75) is 51.1 Å². The number of carbonyl (C=O) groups is 2. The van der Waals surface area contributed by atoms with E-state index in [2.05, 4.69) is 5.32 Å². The van der Waals surface area contributed by atoms with Crippen LogP contribution in [0.4, 0.5) is 5.69 Å². The zero-order valence-electron chi connectivity index (χ0n) is 13.7. The van der Waals surface area contributed by atoms with Crippen molar-refractivity contribution in [3.8, 4) is 0 Å². The first-order valence-electron chi connectivity index (χ1n) is 8.26. The summed E-state index contributed by atoms with van der Waals surface area (Å²) in [5.74, 6) is -0.394. The van der Waals surface area contributed by atoms with Crippen LogP contribution in [0.25, 0.3) is 0 Å². The summed E-state index contributed by atoms with van der Waals surface area (Å²) in [5.41, 5.74) is 6.44. The maximum atomic E-state index is 12.7. The van der Waals surface area contributed by atoms with Gasteiger partial charge in [0.2, 0.25) is 11.8 Å². The van der Waals surface area contributed by atoms with Crippen LogP contribution in [-0.4, -0.2) is 35.3 Å². The lowest BCUT2D eigenvalue weighted by Gasteiger charge is -2.36. The summed E-state index contributed by atoms with van der Waals surface area (Å²) >= 11 is 12.0. The number of hydrogen-bond donors (Lipinski definition) is 2. The lowest BCUT2D eigenvalue weighted by molar-refractivity contribution is -0.141. The third-order valence-electron chi connectivity index (χ3n) is 4.19. The summed E-state index contributed by atoms with van der Waals surface area (Å²) in [5, 5.41) is 3.66. The Kier molecular flexibility index (Phi) is 6.90. The highest BCUT2D eigenvalue weighted by Gasteiger charge is 2.34. The van der Waals surface area contributed by atoms with E-state index in [-0.39, 0.29) is 11.8 Å². The Labute approximate surface area is 152 Å². The third kappa shape index (κ3) is 4.62. The molecule has 1 heterocycles. The minimum absolute atomic E-state index is 0.154. The van der Waals surface area contributed by atoms with Crippen LogP contribution in [0.3, 0.4) is 0 Å². The van der Waals surface area contributed by atoms with Gasteiger partial charge in [-0.3, -0.25) is 9.59 Å². The Morgan fingerprint density at radius 3 is 2.79 bits per heavy atom. The maximum Gasteiger partial charge on any atom is 0.247 e. The summed E-state index contributed by atoms with van der Waals surface area (Å²) < 4.78 is 0. The standard InChI is InChI=1S/C17H23Cl2N3O2/c1-2-5-13(20)17(24)22-9-4-3-6-15(22)16(23)21-14-8-7-11(18)10-12(14)19/h7-8,10,13,15H,2-6,9,20H2,1H3,(H,21,23). The van der Waals surface area contributed by atoms with E-state index >= 15 is 0 Å². The van der Waals surface area contributed by atoms with Crippen LogP contribution < -0.4 is 11.1 Å². The number of benzene rings is 1. The van der Waals surface area contributed by atoms with Crippen molar-refractivity contribution in [1.82, 2.24) is 4.90 Å². The molecule has 7 heteroatoms. The molecule has 132 valence electrons. The van der Waals surface area contributed by atoms with Crippen molar-refractivity contribution < 1.29 is 9.59 Å². The maximum absolute atomic E-state index is 12.7. The SMILES string of the molecule is CCCC(N)C(=O)N1CCCCC1C(=O)Nc1ccc(Cl)cc1Cl. The van der Waals surface area contributed by atoms with Crippen LogP contribution >= 0.6 is 23.2 Å². The molecule has 24 heavy (non-hydrogen) atoms. The number of carbonyl (C=O) groups excluding carboxylic acids is 2. The molecule has 2 amide bonds. The molecule has 2 rings (SSSR count). The Morgan fingerprint density at radius 2 is 2.12 bits per heavy atom. The van der Waals surface area contributed by atoms with E-state index in [1.807, 2.05) is 6.92 Å². The van der Waals surface area contributed by atoms with E-state index in [1.165, 1.54) is 0 Å². The van der Waals surface area contributed by atoms with Gasteiger partial charge in [-0.2, -0.15) is 0 Å². The second-order valence-corrected chi connectivity index (χ2v) is 6.90. The van der Waals surface area contributed by atoms with E-state index in [0.29, 0.717) is 35.1 Å². The minimum atomic E-state index is -0.553. The molecule has 1 aliphatic rings. The van der Waals surface area contributed by atoms with E-state index in [0.717, 1.165) is 19.3 Å². The van der Waals surface area contributed by atoms with Gasteiger partial charge in [-0.25, -0.2) is 0 Å². The Balaban J connectivity index is 2.11. The van der Waals surface area contributed by atoms with Crippen LogP contribution in [0.2, 0.25) is 10.0 Å². The highest BCUT2D eigenvalue weighted by molar-refractivity contribution is 6.36. The van der Waals surface area contributed by atoms with Gasteiger partial charge in [0, 0.05) is 11.6 Å². The summed E-state index contributed by atoms with van der Waals surface area (Å²) in [7, 11) is 0. The molecular formula is C17H23Cl2N3O2. The Bertz CT molecular complexity index is 609. The number of likely N-dealkylation sites (tertiary alicyclic amines) is 1. The van der Waals surface area contributed by atoms with Gasteiger partial charge in [-0.05, 0) is 43.9 Å². The highest BCUT2D eigenvalue weighted by Crippen LogP contribution is 2.27. The molecule has 1 aliphatic heterocycles. The van der Waals surface area contributed by atoms with Gasteiger partial charge in [-0.15, -0.1) is 0 Å². The molecule has 1 aromatic carbocycles. The van der Waals surface area contributed by atoms with Crippen LogP contribution in [0.15, 0.2) is 18.2 Å². The molecule has 3 N–H and O–H groups in total. The van der Waals surface area contributed by atoms with Crippen LogP contribution in [0.1, 0.15) is 39.0 Å². The second kappa shape index (κ2) is 8.70. The molecule has 2 unspecified atom stereocenters. The molecule has 0 saturated carbocycles. The molecule has 0 aromatic heterocycles. The smallest absolute Gasteiger partial charge is 0.247 e. The van der Waals surface area contributed by atoms with Crippen molar-refractivity contribution in [3.05, 3.63) is 28.2 Å². The van der Waals surface area contributed by atoms with E-state index in [1.54, 1.807) is 23.1 Å². The van der Waals surface area contributed by atoms with Gasteiger partial charge in [0.15, 0.2) is 0 Å². The number of halogens is 2. The van der Waals surface area contributed by atoms with Gasteiger partial charge in [0.25, 0.3) is 0 Å². The molecule has 2 atom stereocenters. The molecule has 0 bridgehead atoms. The van der Waals surface area contributed by atoms with Crippen molar-refractivity contribution >= 4 is 40.7 Å². The fourth-order valence-corrected chi connectivity index (χ4v) is 3.38. The van der Waals surface area contributed by atoms with E-state index in [4.69, 9.17) is 28.9 Å². The summed E-state index contributed by atoms with van der Waals surface area (Å²) in [6.07, 6.45) is 3.86. The number of rotatable bonds is 5. The number of nitrogens with zero attached hydrogens (tertiary/aromatic N) is 1. The molecule has 0 aliphatic carbocycles. The Hall–Kier alpha value is -1.30. The number of nitrogens with one attached hydrogen (secondary N) is 1. The lowest BCUT2D eigenvalue weighted by Crippen LogP contribution is -2.54. The summed E-state index contributed by atoms with van der Waals surface area (Å²) in [4.78, 5) is 26.8. The fourth-order valence-electron chi connectivity index (χ4n) is 2.92. The minimum Gasteiger partial charge on any atom is -0.329 e. The van der Waals surface area contributed by atoms with Crippen LogP contribution in [0.5, 0.6) is 0 Å². The van der Waals surface area contributed by atoms with Gasteiger partial charge in [0.05, 0.1) is 16.8 Å². The van der Waals surface area contributed by atoms with Crippen molar-refractivity contribution in [1.29, 1.82) is 0 Å². The third-order valence-corrected chi connectivity index (χ3v) is 4.74. The number of piperidine rings is 1. The van der Waals surface area contributed by atoms with Gasteiger partial charge in [-0.1, -0.05) is 36.5 Å². The van der Waals surface area contributed by atoms with Crippen molar-refractivity contribution in [3.63, 3.8) is 0 Å². The van der Waals surface area contributed by atoms with E-state index in [9.17, 15) is 9.59 Å². The van der Waals surface area contributed by atoms with Crippen LogP contribution in [0, 0.1) is 0 Å². The topological polar surface area (TPSA) is 75.4 Å². The second-order valence-electron chi connectivity index (χ2n) is 6.05. The largest absolute Gasteiger partial charge is 0.329 e. The molecule has 1 aromatic rings. The highest BCUT2D eigenvalue weighted by atomic mass is 35.5. The zero-order chi connectivity index (χ0) is 17.7. The lowest BCUT2D eigenvalue weighted by atomic mass is 9.99. The van der Waals surface area contributed by atoms with Gasteiger partial charge >= 0.3 is 0 Å². The molecular weight excluding hydrogens is 349 g/mol. The van der Waals surface area contributed by atoms with Crippen molar-refractivity contribution in [2.24, 2.45) is 5.73 Å². The summed E-state index contributed by atoms with van der Waals surface area (Å²) in [6.45, 7) is 2.54. The molecule has 1 saturated heterocycles. The molecule has 0 spiro atoms. The number of anilines is 1. The van der Waals surface area contributed by atoms with Crippen molar-refractivity contribution in [2.75, 3.05) is 11.9 Å². The quantitative estimate of drug-likeness (QED) is 0.831. The van der Waals surface area contributed by atoms with Gasteiger partial charge in [0.1, 0.15) is 6.04 Å². The number of hydrogen-bond acceptors (Lipinski definition) is 3. The van der Waals surface area contributed by atoms with Crippen LogP contribution in [-0.2, 0) is 9.59 Å². The predicted molar refractivity (Wildman–Crippen MR) is 97.3 cm³/mol. The molecule has 1 fully saturated rings. The van der Waals surface area contributed by atoms with Gasteiger partial charge < -0.3 is 16.0 Å². The first-order chi connectivity index (χ1) is 11.4. The fraction of sp³-hybridized carbons (Fsp3) is 0.529. The average molecular weight is 372 g/mol. The molecule has 0 radical (unpaired) electrons. The average Bonchev–Trinajstić information content (AvgIpc) is 2.57. The number of amides is 2. The first-order valence-corrected chi connectivity index (χ1v) is 9.01. The molecule has 5 nitrogen and oxygen atoms in total. The normalized spacial score (nSPS) is 19.0. The zero-order valence-corrected chi connectivity index (χ0v) is 15.2. The number of nitrogens with two attached hydrogens (primary N) is 1. The predicted octanol–water partition coefficient (Wildman–Crippen LogP) is 3.44.